The van der Waals surface area contributed by atoms with Gasteiger partial charge < -0.3 is 20.1 Å². The number of nitrogens with zero attached hydrogens (tertiary/aromatic N) is 5. The number of phenols is 1. The second-order valence-electron chi connectivity index (χ2n) is 6.95. The van der Waals surface area contributed by atoms with E-state index in [4.69, 9.17) is 4.74 Å². The number of hydrogen-bond donors (Lipinski definition) is 3. The molecule has 1 aliphatic heterocycles. The van der Waals surface area contributed by atoms with Crippen LogP contribution >= 0.6 is 15.9 Å². The molecule has 1 fully saturated rings. The van der Waals surface area contributed by atoms with E-state index in [2.05, 4.69) is 46.7 Å². The summed E-state index contributed by atoms with van der Waals surface area (Å²) in [5.41, 5.74) is 5.44. The fourth-order valence-corrected chi connectivity index (χ4v) is 3.31. The number of nitrogens with one attached hydrogen (secondary N) is 2. The quantitative estimate of drug-likeness (QED) is 0.360. The molecular weight excluding hydrogens is 462 g/mol. The van der Waals surface area contributed by atoms with Gasteiger partial charge in [-0.25, -0.2) is 5.43 Å². The van der Waals surface area contributed by atoms with Crippen molar-refractivity contribution < 1.29 is 9.84 Å². The van der Waals surface area contributed by atoms with E-state index in [9.17, 15) is 5.11 Å². The van der Waals surface area contributed by atoms with Gasteiger partial charge >= 0.3 is 0 Å². The van der Waals surface area contributed by atoms with Crippen LogP contribution in [0.25, 0.3) is 0 Å². The number of aryl methyl sites for hydroxylation is 1. The molecule has 160 valence electrons. The van der Waals surface area contributed by atoms with Crippen LogP contribution < -0.4 is 15.6 Å². The lowest BCUT2D eigenvalue weighted by atomic mass is 10.2. The minimum absolute atomic E-state index is 0.125. The average molecular weight is 484 g/mol. The lowest BCUT2D eigenvalue weighted by molar-refractivity contribution is 0.122. The van der Waals surface area contributed by atoms with Gasteiger partial charge in [-0.3, -0.25) is 0 Å². The number of aromatic hydroxyl groups is 1. The molecule has 4 rings (SSSR count). The number of hydrazone groups is 1. The van der Waals surface area contributed by atoms with Gasteiger partial charge in [-0.1, -0.05) is 33.6 Å². The second kappa shape index (κ2) is 9.71. The Labute approximate surface area is 188 Å². The molecule has 10 heteroatoms. The molecular formula is C21H22BrN7O2. The number of morpholine rings is 1. The molecule has 0 atom stereocenters. The van der Waals surface area contributed by atoms with E-state index in [1.807, 2.05) is 36.1 Å². The first-order valence-corrected chi connectivity index (χ1v) is 10.6. The maximum absolute atomic E-state index is 9.96. The van der Waals surface area contributed by atoms with Gasteiger partial charge in [-0.15, -0.1) is 0 Å². The molecule has 9 nitrogen and oxygen atoms in total. The Morgan fingerprint density at radius 2 is 1.81 bits per heavy atom. The molecule has 1 saturated heterocycles. The summed E-state index contributed by atoms with van der Waals surface area (Å²) in [7, 11) is 0. The Balaban J connectivity index is 1.58. The van der Waals surface area contributed by atoms with Crippen molar-refractivity contribution in [3.63, 3.8) is 0 Å². The topological polar surface area (TPSA) is 108 Å². The van der Waals surface area contributed by atoms with Crippen LogP contribution in [0.3, 0.4) is 0 Å². The van der Waals surface area contributed by atoms with Crippen molar-refractivity contribution in [1.29, 1.82) is 0 Å². The molecule has 0 unspecified atom stereocenters. The van der Waals surface area contributed by atoms with Crippen molar-refractivity contribution >= 4 is 45.7 Å². The van der Waals surface area contributed by atoms with Gasteiger partial charge in [-0.2, -0.15) is 20.1 Å². The van der Waals surface area contributed by atoms with Crippen molar-refractivity contribution in [2.24, 2.45) is 5.10 Å². The predicted octanol–water partition coefficient (Wildman–Crippen LogP) is 3.67. The lowest BCUT2D eigenvalue weighted by Gasteiger charge is -2.27. The van der Waals surface area contributed by atoms with Crippen LogP contribution in [-0.2, 0) is 4.74 Å². The van der Waals surface area contributed by atoms with Gasteiger partial charge in [-0.05, 0) is 37.3 Å². The molecule has 1 aromatic heterocycles. The largest absolute Gasteiger partial charge is 0.507 e. The van der Waals surface area contributed by atoms with Crippen molar-refractivity contribution in [1.82, 2.24) is 15.0 Å². The second-order valence-corrected chi connectivity index (χ2v) is 7.86. The van der Waals surface area contributed by atoms with Crippen molar-refractivity contribution in [2.75, 3.05) is 41.9 Å². The summed E-state index contributed by atoms with van der Waals surface area (Å²) in [4.78, 5) is 15.5. The van der Waals surface area contributed by atoms with Gasteiger partial charge in [0, 0.05) is 28.8 Å². The first-order valence-electron chi connectivity index (χ1n) is 9.77. The summed E-state index contributed by atoms with van der Waals surface area (Å²) in [6, 6.07) is 13.1. The zero-order valence-electron chi connectivity index (χ0n) is 16.9. The minimum atomic E-state index is 0.125. The van der Waals surface area contributed by atoms with Crippen LogP contribution in [-0.4, -0.2) is 52.6 Å². The first kappa shape index (κ1) is 21.0. The Hall–Kier alpha value is -3.24. The highest BCUT2D eigenvalue weighted by Gasteiger charge is 2.16. The van der Waals surface area contributed by atoms with Crippen LogP contribution in [0.15, 0.2) is 52.0 Å². The number of ether oxygens (including phenoxy) is 1. The van der Waals surface area contributed by atoms with E-state index < -0.39 is 0 Å². The highest BCUT2D eigenvalue weighted by molar-refractivity contribution is 9.10. The number of anilines is 4. The van der Waals surface area contributed by atoms with Crippen LogP contribution in [0.5, 0.6) is 5.75 Å². The molecule has 3 aromatic rings. The molecule has 3 N–H and O–H groups in total. The number of aromatic nitrogens is 3. The molecule has 0 saturated carbocycles. The summed E-state index contributed by atoms with van der Waals surface area (Å²) in [5.74, 6) is 1.36. The maximum Gasteiger partial charge on any atom is 0.250 e. The average Bonchev–Trinajstić information content (AvgIpc) is 2.78. The van der Waals surface area contributed by atoms with E-state index >= 15 is 0 Å². The third kappa shape index (κ3) is 5.68. The third-order valence-electron chi connectivity index (χ3n) is 4.58. The van der Waals surface area contributed by atoms with Crippen LogP contribution in [0.4, 0.5) is 23.5 Å². The van der Waals surface area contributed by atoms with Crippen molar-refractivity contribution in [2.45, 2.75) is 6.92 Å². The molecule has 0 amide bonds. The van der Waals surface area contributed by atoms with Gasteiger partial charge in [0.15, 0.2) is 0 Å². The molecule has 2 heterocycles. The maximum atomic E-state index is 9.96. The fraction of sp³-hybridized carbons (Fsp3) is 0.238. The number of hydrogen-bond acceptors (Lipinski definition) is 9. The fourth-order valence-electron chi connectivity index (χ4n) is 2.93. The van der Waals surface area contributed by atoms with E-state index in [0.29, 0.717) is 43.8 Å². The van der Waals surface area contributed by atoms with Crippen molar-refractivity contribution in [3.8, 4) is 5.75 Å². The molecule has 0 radical (unpaired) electrons. The molecule has 0 spiro atoms. The number of benzene rings is 2. The monoisotopic (exact) mass is 483 g/mol. The number of phenolic OH excluding ortho intramolecular Hbond substituents is 1. The van der Waals surface area contributed by atoms with Crippen molar-refractivity contribution in [3.05, 3.63) is 58.1 Å². The van der Waals surface area contributed by atoms with E-state index in [-0.39, 0.29) is 11.7 Å². The minimum Gasteiger partial charge on any atom is -0.507 e. The molecule has 31 heavy (non-hydrogen) atoms. The highest BCUT2D eigenvalue weighted by atomic mass is 79.9. The summed E-state index contributed by atoms with van der Waals surface area (Å²) < 4.78 is 6.27. The number of rotatable bonds is 6. The molecule has 0 aliphatic carbocycles. The molecule has 0 bridgehead atoms. The smallest absolute Gasteiger partial charge is 0.250 e. The van der Waals surface area contributed by atoms with Crippen LogP contribution in [0.2, 0.25) is 0 Å². The van der Waals surface area contributed by atoms with E-state index in [1.165, 1.54) is 11.8 Å². The van der Waals surface area contributed by atoms with Gasteiger partial charge in [0.25, 0.3) is 0 Å². The normalized spacial score (nSPS) is 14.1. The standard InChI is InChI=1S/C21H22BrN7O2/c1-14-2-5-17(6-3-14)24-19-25-20(27-21(26-19)29-8-10-31-11-9-29)28-23-13-15-12-16(22)4-7-18(15)30/h2-7,12-13,30H,8-11H2,1H3,(H2,24,25,26,27,28)/b23-13-. The van der Waals surface area contributed by atoms with Gasteiger partial charge in [0.2, 0.25) is 17.8 Å². The van der Waals surface area contributed by atoms with Crippen LogP contribution in [0.1, 0.15) is 11.1 Å². The third-order valence-corrected chi connectivity index (χ3v) is 5.08. The zero-order chi connectivity index (χ0) is 21.6. The molecule has 1 aliphatic rings. The Kier molecular flexibility index (Phi) is 6.58. The predicted molar refractivity (Wildman–Crippen MR) is 124 cm³/mol. The SMILES string of the molecule is Cc1ccc(Nc2nc(N/N=C\c3cc(Br)ccc3O)nc(N3CCOCC3)n2)cc1. The molecule has 2 aromatic carbocycles. The van der Waals surface area contributed by atoms with Gasteiger partial charge in [0.05, 0.1) is 19.4 Å². The van der Waals surface area contributed by atoms with Crippen LogP contribution in [0, 0.1) is 6.92 Å². The summed E-state index contributed by atoms with van der Waals surface area (Å²) >= 11 is 3.38. The summed E-state index contributed by atoms with van der Waals surface area (Å²) in [6.07, 6.45) is 1.51. The van der Waals surface area contributed by atoms with E-state index in [0.717, 1.165) is 10.2 Å². The number of halogens is 1. The Bertz CT molecular complexity index is 1070. The van der Waals surface area contributed by atoms with Gasteiger partial charge in [0.1, 0.15) is 5.75 Å². The lowest BCUT2D eigenvalue weighted by Crippen LogP contribution is -2.37. The highest BCUT2D eigenvalue weighted by Crippen LogP contribution is 2.21. The zero-order valence-corrected chi connectivity index (χ0v) is 18.5. The Morgan fingerprint density at radius 3 is 2.58 bits per heavy atom. The van der Waals surface area contributed by atoms with E-state index in [1.54, 1.807) is 18.2 Å². The Morgan fingerprint density at radius 1 is 1.06 bits per heavy atom. The summed E-state index contributed by atoms with van der Waals surface area (Å²) in [6.45, 7) is 4.67. The first-order chi connectivity index (χ1) is 15.1. The summed E-state index contributed by atoms with van der Waals surface area (Å²) in [5, 5.41) is 17.4.